The number of nitriles is 1. The Morgan fingerprint density at radius 1 is 1.32 bits per heavy atom. The maximum absolute atomic E-state index is 12.4. The summed E-state index contributed by atoms with van der Waals surface area (Å²) < 4.78 is 0. The van der Waals surface area contributed by atoms with Crippen LogP contribution in [0.1, 0.15) is 27.0 Å². The van der Waals surface area contributed by atoms with E-state index in [-0.39, 0.29) is 0 Å². The van der Waals surface area contributed by atoms with Crippen LogP contribution >= 0.6 is 11.3 Å². The summed E-state index contributed by atoms with van der Waals surface area (Å²) in [7, 11) is 0. The smallest absolute Gasteiger partial charge is 0.249 e. The third kappa shape index (κ3) is 3.41. The van der Waals surface area contributed by atoms with Crippen molar-refractivity contribution in [3.63, 3.8) is 0 Å². The Balaban J connectivity index is 2.18. The minimum atomic E-state index is -1.33. The lowest BCUT2D eigenvalue weighted by molar-refractivity contribution is -0.117. The van der Waals surface area contributed by atoms with Crippen LogP contribution in [0.15, 0.2) is 36.4 Å². The van der Waals surface area contributed by atoms with Crippen molar-refractivity contribution in [1.82, 2.24) is 0 Å². The average Bonchev–Trinajstić information content (AvgIpc) is 2.90. The standard InChI is InChI=1S/C17H16N2O2S/c1-3-14-11(2)9-15(22-14)16(20)13(10-18)17(21)19-12-7-5-4-6-8-12/h4-9,13H,3H2,1-2H3,(H,19,21). The Morgan fingerprint density at radius 3 is 2.55 bits per heavy atom. The van der Waals surface area contributed by atoms with Gasteiger partial charge < -0.3 is 5.32 Å². The van der Waals surface area contributed by atoms with Gasteiger partial charge in [-0.2, -0.15) is 5.26 Å². The molecule has 1 amide bonds. The second-order valence-corrected chi connectivity index (χ2v) is 5.99. The van der Waals surface area contributed by atoms with E-state index in [4.69, 9.17) is 0 Å². The number of carbonyl (C=O) groups excluding carboxylic acids is 2. The molecule has 0 saturated heterocycles. The lowest BCUT2D eigenvalue weighted by atomic mass is 10.0. The lowest BCUT2D eigenvalue weighted by Gasteiger charge is -2.08. The second-order valence-electron chi connectivity index (χ2n) is 4.85. The fraction of sp³-hybridized carbons (Fsp3) is 0.235. The molecule has 1 heterocycles. The van der Waals surface area contributed by atoms with Crippen LogP contribution in [0, 0.1) is 24.2 Å². The molecular formula is C17H16N2O2S. The van der Waals surface area contributed by atoms with Crippen molar-refractivity contribution < 1.29 is 9.59 Å². The highest BCUT2D eigenvalue weighted by atomic mass is 32.1. The van der Waals surface area contributed by atoms with Crippen molar-refractivity contribution in [2.24, 2.45) is 5.92 Å². The number of amides is 1. The van der Waals surface area contributed by atoms with Crippen LogP contribution in [0.2, 0.25) is 0 Å². The summed E-state index contributed by atoms with van der Waals surface area (Å²) in [5.74, 6) is -2.37. The number of Topliss-reactive ketones (excluding diaryl/α,β-unsaturated/α-hetero) is 1. The summed E-state index contributed by atoms with van der Waals surface area (Å²) in [5, 5.41) is 11.8. The SMILES string of the molecule is CCc1sc(C(=O)C(C#N)C(=O)Nc2ccccc2)cc1C. The van der Waals surface area contributed by atoms with Crippen molar-refractivity contribution in [3.05, 3.63) is 51.7 Å². The topological polar surface area (TPSA) is 70.0 Å². The third-order valence-corrected chi connectivity index (χ3v) is 4.68. The zero-order valence-corrected chi connectivity index (χ0v) is 13.2. The van der Waals surface area contributed by atoms with E-state index in [0.29, 0.717) is 10.6 Å². The van der Waals surface area contributed by atoms with E-state index >= 15 is 0 Å². The lowest BCUT2D eigenvalue weighted by Crippen LogP contribution is -2.28. The van der Waals surface area contributed by atoms with Gasteiger partial charge in [-0.15, -0.1) is 11.3 Å². The predicted octanol–water partition coefficient (Wildman–Crippen LogP) is 3.58. The number of hydrogen-bond donors (Lipinski definition) is 1. The van der Waals surface area contributed by atoms with Gasteiger partial charge in [0.05, 0.1) is 10.9 Å². The molecule has 1 N–H and O–H groups in total. The van der Waals surface area contributed by atoms with Gasteiger partial charge in [-0.3, -0.25) is 9.59 Å². The number of aryl methyl sites for hydroxylation is 2. The van der Waals surface area contributed by atoms with Gasteiger partial charge in [0, 0.05) is 10.6 Å². The average molecular weight is 312 g/mol. The van der Waals surface area contributed by atoms with Crippen molar-refractivity contribution in [1.29, 1.82) is 5.26 Å². The number of para-hydroxylation sites is 1. The Morgan fingerprint density at radius 2 is 2.00 bits per heavy atom. The molecule has 0 radical (unpaired) electrons. The molecule has 0 spiro atoms. The van der Waals surface area contributed by atoms with Crippen LogP contribution in [0.5, 0.6) is 0 Å². The fourth-order valence-corrected chi connectivity index (χ4v) is 3.19. The van der Waals surface area contributed by atoms with Gasteiger partial charge in [0.15, 0.2) is 11.7 Å². The third-order valence-electron chi connectivity index (χ3n) is 3.28. The van der Waals surface area contributed by atoms with Gasteiger partial charge in [-0.05, 0) is 37.1 Å². The maximum Gasteiger partial charge on any atom is 0.249 e. The first-order chi connectivity index (χ1) is 10.6. The maximum atomic E-state index is 12.4. The highest BCUT2D eigenvalue weighted by Gasteiger charge is 2.29. The van der Waals surface area contributed by atoms with E-state index in [2.05, 4.69) is 5.32 Å². The summed E-state index contributed by atoms with van der Waals surface area (Å²) in [6, 6.07) is 12.4. The van der Waals surface area contributed by atoms with Crippen LogP contribution in [-0.4, -0.2) is 11.7 Å². The quantitative estimate of drug-likeness (QED) is 0.677. The minimum absolute atomic E-state index is 0.441. The molecule has 112 valence electrons. The number of nitrogens with zero attached hydrogens (tertiary/aromatic N) is 1. The molecule has 0 fully saturated rings. The highest BCUT2D eigenvalue weighted by Crippen LogP contribution is 2.25. The van der Waals surface area contributed by atoms with E-state index in [1.54, 1.807) is 30.3 Å². The van der Waals surface area contributed by atoms with Crippen molar-refractivity contribution in [2.75, 3.05) is 5.32 Å². The Bertz CT molecular complexity index is 729. The normalized spacial score (nSPS) is 11.5. The zero-order chi connectivity index (χ0) is 16.1. The summed E-state index contributed by atoms with van der Waals surface area (Å²) in [6.45, 7) is 3.94. The van der Waals surface area contributed by atoms with Crippen LogP contribution in [-0.2, 0) is 11.2 Å². The molecule has 0 saturated carbocycles. The van der Waals surface area contributed by atoms with Gasteiger partial charge in [0.1, 0.15) is 0 Å². The first-order valence-corrected chi connectivity index (χ1v) is 7.77. The molecule has 1 aromatic carbocycles. The Labute approximate surface area is 133 Å². The van der Waals surface area contributed by atoms with Crippen LogP contribution in [0.3, 0.4) is 0 Å². The van der Waals surface area contributed by atoms with E-state index < -0.39 is 17.6 Å². The molecule has 0 bridgehead atoms. The molecule has 22 heavy (non-hydrogen) atoms. The molecule has 1 aromatic heterocycles. The Kier molecular flexibility index (Phi) is 5.08. The number of carbonyl (C=O) groups is 2. The number of ketones is 1. The van der Waals surface area contributed by atoms with Crippen molar-refractivity contribution in [2.45, 2.75) is 20.3 Å². The molecule has 4 nitrogen and oxygen atoms in total. The van der Waals surface area contributed by atoms with Crippen molar-refractivity contribution in [3.8, 4) is 6.07 Å². The van der Waals surface area contributed by atoms with E-state index in [9.17, 15) is 14.9 Å². The minimum Gasteiger partial charge on any atom is -0.325 e. The monoisotopic (exact) mass is 312 g/mol. The number of anilines is 1. The number of nitrogens with one attached hydrogen (secondary N) is 1. The number of hydrogen-bond acceptors (Lipinski definition) is 4. The largest absolute Gasteiger partial charge is 0.325 e. The molecule has 0 aliphatic rings. The molecule has 1 atom stereocenters. The fourth-order valence-electron chi connectivity index (χ4n) is 2.11. The summed E-state index contributed by atoms with van der Waals surface area (Å²) in [4.78, 5) is 26.1. The van der Waals surface area contributed by atoms with E-state index in [0.717, 1.165) is 16.9 Å². The summed E-state index contributed by atoms with van der Waals surface area (Å²) in [5.41, 5.74) is 1.59. The Hall–Kier alpha value is -2.45. The van der Waals surface area contributed by atoms with Gasteiger partial charge in [-0.1, -0.05) is 25.1 Å². The molecule has 0 aliphatic carbocycles. The second kappa shape index (κ2) is 7.01. The number of thiophene rings is 1. The van der Waals surface area contributed by atoms with Crippen LogP contribution in [0.4, 0.5) is 5.69 Å². The van der Waals surface area contributed by atoms with Gasteiger partial charge in [0.2, 0.25) is 5.91 Å². The van der Waals surface area contributed by atoms with Crippen molar-refractivity contribution >= 4 is 28.7 Å². The van der Waals surface area contributed by atoms with Crippen LogP contribution in [0.25, 0.3) is 0 Å². The van der Waals surface area contributed by atoms with Gasteiger partial charge in [-0.25, -0.2) is 0 Å². The molecule has 2 aromatic rings. The summed E-state index contributed by atoms with van der Waals surface area (Å²) in [6.07, 6.45) is 0.831. The number of benzene rings is 1. The predicted molar refractivity (Wildman–Crippen MR) is 86.9 cm³/mol. The first kappa shape index (κ1) is 15.9. The summed E-state index contributed by atoms with van der Waals surface area (Å²) >= 11 is 1.35. The van der Waals surface area contributed by atoms with E-state index in [1.165, 1.54) is 11.3 Å². The molecule has 1 unspecified atom stereocenters. The van der Waals surface area contributed by atoms with Gasteiger partial charge in [0.25, 0.3) is 0 Å². The molecular weight excluding hydrogens is 296 g/mol. The molecule has 5 heteroatoms. The van der Waals surface area contributed by atoms with E-state index in [1.807, 2.05) is 26.0 Å². The molecule has 2 rings (SSSR count). The first-order valence-electron chi connectivity index (χ1n) is 6.95. The zero-order valence-electron chi connectivity index (χ0n) is 12.4. The highest BCUT2D eigenvalue weighted by molar-refractivity contribution is 7.14. The molecule has 0 aliphatic heterocycles. The van der Waals surface area contributed by atoms with Crippen LogP contribution < -0.4 is 5.32 Å². The van der Waals surface area contributed by atoms with Gasteiger partial charge >= 0.3 is 0 Å². The number of rotatable bonds is 5.